The fraction of sp³-hybridized carbons (Fsp3) is 0.400. The van der Waals surface area contributed by atoms with E-state index in [4.69, 9.17) is 0 Å². The highest BCUT2D eigenvalue weighted by Gasteiger charge is 2.25. The maximum atomic E-state index is 12.5. The number of fused-ring (bicyclic) bond motifs is 1. The number of carbonyl (C=O) groups is 1. The Balaban J connectivity index is 2.43. The summed E-state index contributed by atoms with van der Waals surface area (Å²) in [6, 6.07) is 6.90. The van der Waals surface area contributed by atoms with Crippen molar-refractivity contribution >= 4 is 16.8 Å². The van der Waals surface area contributed by atoms with Gasteiger partial charge in [-0.1, -0.05) is 12.1 Å². The molecular formula is C15H19N3O3. The molecule has 1 amide bonds. The maximum Gasteiger partial charge on any atom is 0.278 e. The van der Waals surface area contributed by atoms with Crippen LogP contribution in [-0.2, 0) is 0 Å². The molecule has 0 saturated heterocycles. The second kappa shape index (κ2) is 5.65. The molecule has 0 saturated carbocycles. The quantitative estimate of drug-likeness (QED) is 0.884. The summed E-state index contributed by atoms with van der Waals surface area (Å²) in [6.07, 6.45) is 0. The van der Waals surface area contributed by atoms with Crippen LogP contribution in [-0.4, -0.2) is 44.8 Å². The minimum absolute atomic E-state index is 0.135. The molecule has 0 unspecified atom stereocenters. The number of nitrogens with zero attached hydrogens (tertiary/aromatic N) is 2. The first-order chi connectivity index (χ1) is 9.83. The number of aliphatic hydroxyl groups is 1. The van der Waals surface area contributed by atoms with Gasteiger partial charge in [-0.05, 0) is 32.9 Å². The lowest BCUT2D eigenvalue weighted by Crippen LogP contribution is -2.43. The van der Waals surface area contributed by atoms with E-state index in [1.165, 1.54) is 4.90 Å². The Kier molecular flexibility index (Phi) is 4.09. The number of nitrogens with one attached hydrogen (secondary N) is 1. The number of para-hydroxylation sites is 1. The molecule has 6 heteroatoms. The van der Waals surface area contributed by atoms with E-state index >= 15 is 0 Å². The molecule has 0 aliphatic heterocycles. The zero-order valence-electron chi connectivity index (χ0n) is 12.4. The lowest BCUT2D eigenvalue weighted by atomic mass is 10.1. The average molecular weight is 289 g/mol. The minimum Gasteiger partial charge on any atom is -0.389 e. The van der Waals surface area contributed by atoms with Crippen molar-refractivity contribution in [2.24, 2.45) is 0 Å². The van der Waals surface area contributed by atoms with E-state index in [1.807, 2.05) is 0 Å². The Morgan fingerprint density at radius 3 is 2.67 bits per heavy atom. The third-order valence-electron chi connectivity index (χ3n) is 3.12. The second-order valence-electron chi connectivity index (χ2n) is 5.58. The second-order valence-corrected chi connectivity index (χ2v) is 5.58. The summed E-state index contributed by atoms with van der Waals surface area (Å²) in [5.74, 6) is -0.480. The van der Waals surface area contributed by atoms with Crippen molar-refractivity contribution in [1.29, 1.82) is 0 Å². The number of H-pyrrole nitrogens is 1. The molecule has 2 N–H and O–H groups in total. The first-order valence-electron chi connectivity index (χ1n) is 6.82. The van der Waals surface area contributed by atoms with E-state index in [1.54, 1.807) is 45.0 Å². The van der Waals surface area contributed by atoms with Crippen molar-refractivity contribution in [3.63, 3.8) is 0 Å². The summed E-state index contributed by atoms with van der Waals surface area (Å²) < 4.78 is 0. The highest BCUT2D eigenvalue weighted by atomic mass is 16.3. The van der Waals surface area contributed by atoms with Crippen LogP contribution in [0.5, 0.6) is 0 Å². The van der Waals surface area contributed by atoms with Crippen molar-refractivity contribution in [2.75, 3.05) is 13.1 Å². The van der Waals surface area contributed by atoms with E-state index in [2.05, 4.69) is 10.2 Å². The zero-order chi connectivity index (χ0) is 15.6. The average Bonchev–Trinajstić information content (AvgIpc) is 2.44. The maximum absolute atomic E-state index is 12.5. The van der Waals surface area contributed by atoms with Crippen LogP contribution in [0.3, 0.4) is 0 Å². The number of carbonyl (C=O) groups excluding carboxylic acids is 1. The van der Waals surface area contributed by atoms with Crippen molar-refractivity contribution in [2.45, 2.75) is 26.4 Å². The topological polar surface area (TPSA) is 86.3 Å². The van der Waals surface area contributed by atoms with Gasteiger partial charge in [0.15, 0.2) is 5.69 Å². The SMILES string of the molecule is CCN(CC(C)(C)O)C(=O)c1n[nH]c2ccccc2c1=O. The van der Waals surface area contributed by atoms with Gasteiger partial charge >= 0.3 is 0 Å². The van der Waals surface area contributed by atoms with Crippen LogP contribution in [0.15, 0.2) is 29.1 Å². The molecule has 6 nitrogen and oxygen atoms in total. The van der Waals surface area contributed by atoms with Crippen LogP contribution in [0, 0.1) is 0 Å². The van der Waals surface area contributed by atoms with Gasteiger partial charge < -0.3 is 10.0 Å². The highest BCUT2D eigenvalue weighted by Crippen LogP contribution is 2.09. The summed E-state index contributed by atoms with van der Waals surface area (Å²) in [4.78, 5) is 26.2. The first-order valence-corrected chi connectivity index (χ1v) is 6.82. The van der Waals surface area contributed by atoms with Gasteiger partial charge in [0, 0.05) is 18.5 Å². The van der Waals surface area contributed by atoms with E-state index in [-0.39, 0.29) is 12.2 Å². The number of benzene rings is 1. The van der Waals surface area contributed by atoms with Crippen LogP contribution in [0.1, 0.15) is 31.3 Å². The monoisotopic (exact) mass is 289 g/mol. The Labute approximate surface area is 122 Å². The third kappa shape index (κ3) is 3.28. The predicted molar refractivity (Wildman–Crippen MR) is 80.2 cm³/mol. The number of amides is 1. The number of aromatic amines is 1. The smallest absolute Gasteiger partial charge is 0.278 e. The molecule has 2 aromatic rings. The molecule has 112 valence electrons. The number of hydrogen-bond acceptors (Lipinski definition) is 4. The van der Waals surface area contributed by atoms with Gasteiger partial charge in [-0.3, -0.25) is 14.7 Å². The number of rotatable bonds is 4. The van der Waals surface area contributed by atoms with Crippen LogP contribution in [0.2, 0.25) is 0 Å². The molecule has 1 aromatic heterocycles. The molecule has 0 aliphatic carbocycles. The van der Waals surface area contributed by atoms with Crippen molar-refractivity contribution in [3.05, 3.63) is 40.2 Å². The first kappa shape index (κ1) is 15.2. The number of hydrogen-bond donors (Lipinski definition) is 2. The predicted octanol–water partition coefficient (Wildman–Crippen LogP) is 1.16. The standard InChI is InChI=1S/C15H19N3O3/c1-4-18(9-15(2,3)21)14(20)12-13(19)10-7-5-6-8-11(10)16-17-12/h5-8,21H,4,9H2,1-3H3,(H,16,19). The van der Waals surface area contributed by atoms with E-state index in [9.17, 15) is 14.7 Å². The highest BCUT2D eigenvalue weighted by molar-refractivity contribution is 5.95. The van der Waals surface area contributed by atoms with Gasteiger partial charge in [0.05, 0.1) is 11.1 Å². The van der Waals surface area contributed by atoms with E-state index in [0.29, 0.717) is 17.4 Å². The van der Waals surface area contributed by atoms with Gasteiger partial charge in [-0.15, -0.1) is 0 Å². The molecule has 0 atom stereocenters. The zero-order valence-corrected chi connectivity index (χ0v) is 12.4. The summed E-state index contributed by atoms with van der Waals surface area (Å²) in [5.41, 5.74) is -0.997. The lowest BCUT2D eigenvalue weighted by Gasteiger charge is -2.27. The Bertz CT molecular complexity index is 716. The summed E-state index contributed by atoms with van der Waals surface area (Å²) >= 11 is 0. The van der Waals surface area contributed by atoms with Crippen LogP contribution in [0.25, 0.3) is 10.9 Å². The number of aromatic nitrogens is 2. The van der Waals surface area contributed by atoms with Gasteiger partial charge in [-0.2, -0.15) is 5.10 Å². The Morgan fingerprint density at radius 1 is 1.38 bits per heavy atom. The lowest BCUT2D eigenvalue weighted by molar-refractivity contribution is 0.0310. The molecule has 0 radical (unpaired) electrons. The molecule has 1 heterocycles. The molecule has 0 spiro atoms. The van der Waals surface area contributed by atoms with Crippen molar-refractivity contribution < 1.29 is 9.90 Å². The van der Waals surface area contributed by atoms with E-state index < -0.39 is 16.9 Å². The molecule has 2 rings (SSSR count). The molecule has 0 fully saturated rings. The minimum atomic E-state index is -1.03. The third-order valence-corrected chi connectivity index (χ3v) is 3.12. The molecule has 0 aliphatic rings. The summed E-state index contributed by atoms with van der Waals surface area (Å²) in [6.45, 7) is 5.54. The molecular weight excluding hydrogens is 270 g/mol. The van der Waals surface area contributed by atoms with Gasteiger partial charge in [0.2, 0.25) is 5.43 Å². The van der Waals surface area contributed by atoms with Gasteiger partial charge in [-0.25, -0.2) is 0 Å². The van der Waals surface area contributed by atoms with Crippen molar-refractivity contribution in [3.8, 4) is 0 Å². The summed E-state index contributed by atoms with van der Waals surface area (Å²) in [7, 11) is 0. The van der Waals surface area contributed by atoms with Gasteiger partial charge in [0.1, 0.15) is 0 Å². The van der Waals surface area contributed by atoms with E-state index in [0.717, 1.165) is 0 Å². The van der Waals surface area contributed by atoms with Gasteiger partial charge in [0.25, 0.3) is 5.91 Å². The number of likely N-dealkylation sites (N-methyl/N-ethyl adjacent to an activating group) is 1. The van der Waals surface area contributed by atoms with Crippen LogP contribution in [0.4, 0.5) is 0 Å². The van der Waals surface area contributed by atoms with Crippen molar-refractivity contribution in [1.82, 2.24) is 15.1 Å². The van der Waals surface area contributed by atoms with Crippen LogP contribution >= 0.6 is 0 Å². The fourth-order valence-electron chi connectivity index (χ4n) is 2.16. The normalized spacial score (nSPS) is 11.6. The van der Waals surface area contributed by atoms with Crippen LogP contribution < -0.4 is 5.43 Å². The summed E-state index contributed by atoms with van der Waals surface area (Å²) in [5, 5.41) is 16.9. The molecule has 21 heavy (non-hydrogen) atoms. The Morgan fingerprint density at radius 2 is 2.05 bits per heavy atom. The molecule has 1 aromatic carbocycles. The fourth-order valence-corrected chi connectivity index (χ4v) is 2.16. The Hall–Kier alpha value is -2.21. The largest absolute Gasteiger partial charge is 0.389 e. The molecule has 0 bridgehead atoms.